The van der Waals surface area contributed by atoms with Gasteiger partial charge in [0.2, 0.25) is 6.79 Å². The molecule has 1 atom stereocenters. The molecule has 1 aliphatic heterocycles. The van der Waals surface area contributed by atoms with Crippen molar-refractivity contribution < 1.29 is 14.3 Å². The molecular formula is C25H22ClN3O3. The fraction of sp³-hybridized carbons (Fsp3) is 0.160. The Kier molecular flexibility index (Phi) is 5.97. The Hall–Kier alpha value is -3.64. The molecular weight excluding hydrogens is 426 g/mol. The van der Waals surface area contributed by atoms with Crippen LogP contribution in [-0.2, 0) is 0 Å². The van der Waals surface area contributed by atoms with E-state index in [-0.39, 0.29) is 31.1 Å². The third kappa shape index (κ3) is 4.09. The van der Waals surface area contributed by atoms with Crippen molar-refractivity contribution in [3.8, 4) is 22.8 Å². The Morgan fingerprint density at radius 3 is 2.59 bits per heavy atom. The minimum absolute atomic E-state index is 0. The molecule has 1 N–H and O–H groups in total. The number of fused-ring (bicyclic) bond motifs is 2. The summed E-state index contributed by atoms with van der Waals surface area (Å²) in [6.45, 7) is 4.18. The van der Waals surface area contributed by atoms with Crippen LogP contribution < -0.4 is 14.8 Å². The van der Waals surface area contributed by atoms with E-state index in [0.717, 1.165) is 39.0 Å². The van der Waals surface area contributed by atoms with E-state index in [0.29, 0.717) is 11.3 Å². The van der Waals surface area contributed by atoms with Crippen molar-refractivity contribution in [1.29, 1.82) is 0 Å². The molecule has 0 radical (unpaired) electrons. The first-order valence-electron chi connectivity index (χ1n) is 10.1. The number of halogens is 1. The van der Waals surface area contributed by atoms with E-state index in [1.54, 1.807) is 12.4 Å². The number of benzene rings is 2. The largest absolute Gasteiger partial charge is 0.454 e. The van der Waals surface area contributed by atoms with Gasteiger partial charge in [-0.05, 0) is 61.9 Å². The maximum Gasteiger partial charge on any atom is 0.252 e. The molecule has 162 valence electrons. The van der Waals surface area contributed by atoms with Gasteiger partial charge in [-0.3, -0.25) is 9.78 Å². The monoisotopic (exact) mass is 447 g/mol. The standard InChI is InChI=1S/C25H21N3O3.ClH/c1-15-3-5-21-19(11-15)20(13-22(28-21)17-7-9-26-10-8-17)25(29)27-16(2)18-4-6-23-24(12-18)31-14-30-23;/h3-13,16H,14H2,1-2H3,(H,27,29);1H. The van der Waals surface area contributed by atoms with Gasteiger partial charge in [0.25, 0.3) is 5.91 Å². The second-order valence-corrected chi connectivity index (χ2v) is 7.62. The Bertz CT molecular complexity index is 1290. The zero-order chi connectivity index (χ0) is 21.4. The molecule has 0 spiro atoms. The van der Waals surface area contributed by atoms with E-state index in [4.69, 9.17) is 14.5 Å². The van der Waals surface area contributed by atoms with Gasteiger partial charge >= 0.3 is 0 Å². The quantitative estimate of drug-likeness (QED) is 0.462. The lowest BCUT2D eigenvalue weighted by Gasteiger charge is -2.17. The van der Waals surface area contributed by atoms with Gasteiger partial charge in [0.05, 0.1) is 22.8 Å². The lowest BCUT2D eigenvalue weighted by molar-refractivity contribution is 0.0941. The topological polar surface area (TPSA) is 73.3 Å². The molecule has 0 saturated heterocycles. The SMILES string of the molecule is Cc1ccc2nc(-c3ccncc3)cc(C(=O)NC(C)c3ccc4c(c3)OCO4)c2c1.Cl. The van der Waals surface area contributed by atoms with Crippen LogP contribution in [0, 0.1) is 6.92 Å². The number of rotatable bonds is 4. The molecule has 32 heavy (non-hydrogen) atoms. The summed E-state index contributed by atoms with van der Waals surface area (Å²) < 4.78 is 10.8. The van der Waals surface area contributed by atoms with Crippen LogP contribution in [0.15, 0.2) is 67.0 Å². The normalized spacial score (nSPS) is 12.8. The number of amides is 1. The van der Waals surface area contributed by atoms with Crippen molar-refractivity contribution in [3.63, 3.8) is 0 Å². The first-order valence-corrected chi connectivity index (χ1v) is 10.1. The number of ether oxygens (including phenoxy) is 2. The van der Waals surface area contributed by atoms with Crippen LogP contribution in [0.2, 0.25) is 0 Å². The number of nitrogens with zero attached hydrogens (tertiary/aromatic N) is 2. The number of carbonyl (C=O) groups excluding carboxylic acids is 1. The summed E-state index contributed by atoms with van der Waals surface area (Å²) in [7, 11) is 0. The van der Waals surface area contributed by atoms with Crippen molar-refractivity contribution in [2.75, 3.05) is 6.79 Å². The second-order valence-electron chi connectivity index (χ2n) is 7.62. The van der Waals surface area contributed by atoms with Gasteiger partial charge in [0, 0.05) is 23.3 Å². The summed E-state index contributed by atoms with van der Waals surface area (Å²) in [5.41, 5.74) is 5.04. The molecule has 0 saturated carbocycles. The highest BCUT2D eigenvalue weighted by molar-refractivity contribution is 6.07. The molecule has 0 bridgehead atoms. The summed E-state index contributed by atoms with van der Waals surface area (Å²) >= 11 is 0. The van der Waals surface area contributed by atoms with E-state index in [2.05, 4.69) is 10.3 Å². The van der Waals surface area contributed by atoms with Crippen molar-refractivity contribution in [1.82, 2.24) is 15.3 Å². The highest BCUT2D eigenvalue weighted by atomic mass is 35.5. The third-order valence-electron chi connectivity index (χ3n) is 5.43. The summed E-state index contributed by atoms with van der Waals surface area (Å²) in [5.74, 6) is 1.27. The molecule has 3 heterocycles. The van der Waals surface area contributed by atoms with Crippen LogP contribution >= 0.6 is 12.4 Å². The predicted molar refractivity (Wildman–Crippen MR) is 125 cm³/mol. The molecule has 5 rings (SSSR count). The summed E-state index contributed by atoms with van der Waals surface area (Å²) in [5, 5.41) is 3.95. The number of pyridine rings is 2. The van der Waals surface area contributed by atoms with E-state index < -0.39 is 0 Å². The summed E-state index contributed by atoms with van der Waals surface area (Å²) in [4.78, 5) is 22.2. The zero-order valence-corrected chi connectivity index (χ0v) is 18.5. The van der Waals surface area contributed by atoms with Crippen molar-refractivity contribution in [2.45, 2.75) is 19.9 Å². The lowest BCUT2D eigenvalue weighted by Crippen LogP contribution is -2.27. The van der Waals surface area contributed by atoms with Crippen molar-refractivity contribution in [3.05, 3.63) is 83.7 Å². The Labute approximate surface area is 192 Å². The zero-order valence-electron chi connectivity index (χ0n) is 17.7. The molecule has 7 heteroatoms. The number of aromatic nitrogens is 2. The van der Waals surface area contributed by atoms with E-state index in [9.17, 15) is 4.79 Å². The van der Waals surface area contributed by atoms with Gasteiger partial charge in [-0.2, -0.15) is 0 Å². The van der Waals surface area contributed by atoms with Gasteiger partial charge in [-0.15, -0.1) is 12.4 Å². The molecule has 1 aliphatic rings. The van der Waals surface area contributed by atoms with E-state index in [1.165, 1.54) is 0 Å². The molecule has 0 fully saturated rings. The number of aryl methyl sites for hydroxylation is 1. The third-order valence-corrected chi connectivity index (χ3v) is 5.43. The lowest BCUT2D eigenvalue weighted by atomic mass is 10.0. The van der Waals surface area contributed by atoms with E-state index >= 15 is 0 Å². The second kappa shape index (κ2) is 8.85. The van der Waals surface area contributed by atoms with Crippen LogP contribution in [0.4, 0.5) is 0 Å². The highest BCUT2D eigenvalue weighted by Crippen LogP contribution is 2.34. The Balaban J connectivity index is 0.00000245. The van der Waals surface area contributed by atoms with Crippen molar-refractivity contribution >= 4 is 29.2 Å². The van der Waals surface area contributed by atoms with Crippen molar-refractivity contribution in [2.24, 2.45) is 0 Å². The minimum atomic E-state index is -0.209. The fourth-order valence-electron chi connectivity index (χ4n) is 3.74. The molecule has 1 unspecified atom stereocenters. The maximum atomic E-state index is 13.4. The number of hydrogen-bond acceptors (Lipinski definition) is 5. The van der Waals surface area contributed by atoms with Gasteiger partial charge in [0.15, 0.2) is 11.5 Å². The summed E-state index contributed by atoms with van der Waals surface area (Å²) in [6, 6.07) is 17.1. The number of carbonyl (C=O) groups is 1. The minimum Gasteiger partial charge on any atom is -0.454 e. The molecule has 0 aliphatic carbocycles. The molecule has 2 aromatic heterocycles. The fourth-order valence-corrected chi connectivity index (χ4v) is 3.74. The number of hydrogen-bond donors (Lipinski definition) is 1. The first-order chi connectivity index (χ1) is 15.1. The highest BCUT2D eigenvalue weighted by Gasteiger charge is 2.19. The van der Waals surface area contributed by atoms with E-state index in [1.807, 2.05) is 68.4 Å². The first kappa shape index (κ1) is 21.6. The van der Waals surface area contributed by atoms with Crippen LogP contribution in [0.25, 0.3) is 22.2 Å². The molecule has 6 nitrogen and oxygen atoms in total. The van der Waals surface area contributed by atoms with Crippen LogP contribution in [-0.4, -0.2) is 22.7 Å². The summed E-state index contributed by atoms with van der Waals surface area (Å²) in [6.07, 6.45) is 3.44. The van der Waals surface area contributed by atoms with Crippen LogP contribution in [0.1, 0.15) is 34.5 Å². The van der Waals surface area contributed by atoms with Crippen LogP contribution in [0.5, 0.6) is 11.5 Å². The average molecular weight is 448 g/mol. The molecule has 1 amide bonds. The van der Waals surface area contributed by atoms with Gasteiger partial charge < -0.3 is 14.8 Å². The smallest absolute Gasteiger partial charge is 0.252 e. The maximum absolute atomic E-state index is 13.4. The average Bonchev–Trinajstić information content (AvgIpc) is 3.27. The molecule has 2 aromatic carbocycles. The molecule has 4 aromatic rings. The Morgan fingerprint density at radius 1 is 1.00 bits per heavy atom. The number of nitrogens with one attached hydrogen (secondary N) is 1. The Morgan fingerprint density at radius 2 is 1.78 bits per heavy atom. The van der Waals surface area contributed by atoms with Gasteiger partial charge in [0.1, 0.15) is 0 Å². The van der Waals surface area contributed by atoms with Crippen LogP contribution in [0.3, 0.4) is 0 Å². The van der Waals surface area contributed by atoms with Gasteiger partial charge in [-0.25, -0.2) is 4.98 Å². The predicted octanol–water partition coefficient (Wildman–Crippen LogP) is 5.25. The van der Waals surface area contributed by atoms with Gasteiger partial charge in [-0.1, -0.05) is 17.7 Å².